The molecule has 166 valence electrons. The summed E-state index contributed by atoms with van der Waals surface area (Å²) in [7, 11) is -1.91. The van der Waals surface area contributed by atoms with Gasteiger partial charge in [-0.05, 0) is 36.4 Å². The highest BCUT2D eigenvalue weighted by Gasteiger charge is 2.44. The first kappa shape index (κ1) is 24.5. The van der Waals surface area contributed by atoms with Crippen molar-refractivity contribution in [2.45, 2.75) is 12.5 Å². The Labute approximate surface area is 204 Å². The van der Waals surface area contributed by atoms with Crippen molar-refractivity contribution >= 4 is 46.1 Å². The van der Waals surface area contributed by atoms with Gasteiger partial charge in [-0.2, -0.15) is 0 Å². The molecule has 0 bridgehead atoms. The van der Waals surface area contributed by atoms with Gasteiger partial charge in [-0.25, -0.2) is 4.79 Å². The van der Waals surface area contributed by atoms with E-state index in [0.717, 1.165) is 24.3 Å². The van der Waals surface area contributed by atoms with Crippen LogP contribution in [0, 0.1) is 0 Å². The summed E-state index contributed by atoms with van der Waals surface area (Å²) in [5.41, 5.74) is 0. The van der Waals surface area contributed by atoms with Crippen LogP contribution in [0.5, 0.6) is 0 Å². The third-order valence-electron chi connectivity index (χ3n) is 5.43. The van der Waals surface area contributed by atoms with Crippen molar-refractivity contribution in [1.29, 1.82) is 0 Å². The van der Waals surface area contributed by atoms with Crippen LogP contribution in [-0.2, 0) is 9.53 Å². The molecule has 32 heavy (non-hydrogen) atoms. The van der Waals surface area contributed by atoms with Crippen molar-refractivity contribution in [3.8, 4) is 0 Å². The predicted molar refractivity (Wildman–Crippen MR) is 130 cm³/mol. The first-order valence-electron chi connectivity index (χ1n) is 10.3. The van der Waals surface area contributed by atoms with Crippen molar-refractivity contribution in [2.24, 2.45) is 0 Å². The highest BCUT2D eigenvalue weighted by Crippen LogP contribution is 2.55. The summed E-state index contributed by atoms with van der Waals surface area (Å²) in [5.74, 6) is 0.0912. The van der Waals surface area contributed by atoms with Crippen LogP contribution in [0.1, 0.15) is 6.42 Å². The van der Waals surface area contributed by atoms with Gasteiger partial charge in [0, 0.05) is 12.2 Å². The van der Waals surface area contributed by atoms with E-state index in [-0.39, 0.29) is 28.2 Å². The summed E-state index contributed by atoms with van der Waals surface area (Å²) in [4.78, 5) is 23.6. The zero-order valence-corrected chi connectivity index (χ0v) is 20.8. The average molecular weight is 530 g/mol. The van der Waals surface area contributed by atoms with E-state index in [1.54, 1.807) is 0 Å². The molecule has 1 amide bonds. The Hall–Kier alpha value is -2.14. The van der Waals surface area contributed by atoms with Crippen LogP contribution in [0.2, 0.25) is 0 Å². The average Bonchev–Trinajstić information content (AvgIpc) is 3.27. The summed E-state index contributed by atoms with van der Waals surface area (Å²) < 4.78 is 5.53. The van der Waals surface area contributed by atoms with Gasteiger partial charge in [0.15, 0.2) is 0 Å². The first-order valence-corrected chi connectivity index (χ1v) is 13.3. The topological polar surface area (TPSA) is 55.4 Å². The zero-order chi connectivity index (χ0) is 21.5. The van der Waals surface area contributed by atoms with Gasteiger partial charge >= 0.3 is 5.97 Å². The van der Waals surface area contributed by atoms with E-state index in [1.165, 1.54) is 15.9 Å². The fourth-order valence-electron chi connectivity index (χ4n) is 3.97. The Morgan fingerprint density at radius 1 is 0.875 bits per heavy atom. The summed E-state index contributed by atoms with van der Waals surface area (Å²) in [6.45, 7) is 0.337. The molecular formula is C25H25BrNO3PS. The Bertz CT molecular complexity index is 924. The molecule has 3 aromatic carbocycles. The number of esters is 1. The number of carbonyl (C=O) groups is 2. The molecule has 7 heteroatoms. The second-order valence-corrected chi connectivity index (χ2v) is 12.0. The molecular weight excluding hydrogens is 505 g/mol. The minimum absolute atomic E-state index is 0. The number of hydrogen-bond donors (Lipinski definition) is 1. The molecule has 1 N–H and O–H groups in total. The number of benzene rings is 3. The molecule has 0 aliphatic carbocycles. The van der Waals surface area contributed by atoms with Gasteiger partial charge in [-0.1, -0.05) is 66.4 Å². The van der Waals surface area contributed by atoms with Gasteiger partial charge in [0.05, 0.1) is 12.8 Å². The lowest BCUT2D eigenvalue weighted by Crippen LogP contribution is -3.00. The van der Waals surface area contributed by atoms with Crippen molar-refractivity contribution < 1.29 is 31.3 Å². The number of carbonyl (C=O) groups excluding carboxylic acids is 2. The smallest absolute Gasteiger partial charge is 0.329 e. The van der Waals surface area contributed by atoms with Crippen LogP contribution in [0.4, 0.5) is 4.79 Å². The number of amides is 1. The molecule has 1 heterocycles. The highest BCUT2D eigenvalue weighted by atomic mass is 79.9. The predicted octanol–water partition coefficient (Wildman–Crippen LogP) is 0.743. The molecule has 3 aromatic rings. The summed E-state index contributed by atoms with van der Waals surface area (Å²) in [5, 5.41) is 6.44. The lowest BCUT2D eigenvalue weighted by Gasteiger charge is -2.27. The standard InChI is InChI=1S/C25H24NO3PS.BrH/c27-24(23-19-31-25(28)26-23)29-17-10-18-30(20-11-4-1-5-12-20,21-13-6-2-7-14-21)22-15-8-3-9-16-22;/h1-9,11-16,23H,10,17-19H2;1H. The van der Waals surface area contributed by atoms with E-state index < -0.39 is 13.3 Å². The number of hydrogen-bond acceptors (Lipinski definition) is 4. The van der Waals surface area contributed by atoms with Crippen molar-refractivity contribution in [1.82, 2.24) is 5.32 Å². The molecule has 4 nitrogen and oxygen atoms in total. The van der Waals surface area contributed by atoms with Crippen LogP contribution >= 0.6 is 19.0 Å². The first-order chi connectivity index (χ1) is 15.2. The van der Waals surface area contributed by atoms with Crippen molar-refractivity contribution in [3.05, 3.63) is 91.0 Å². The molecule has 1 fully saturated rings. The van der Waals surface area contributed by atoms with E-state index in [9.17, 15) is 9.59 Å². The number of thioether (sulfide) groups is 1. The van der Waals surface area contributed by atoms with Crippen molar-refractivity contribution in [3.63, 3.8) is 0 Å². The number of nitrogens with one attached hydrogen (secondary N) is 1. The van der Waals surface area contributed by atoms with Gasteiger partial charge < -0.3 is 27.0 Å². The van der Waals surface area contributed by atoms with Crippen LogP contribution in [0.3, 0.4) is 0 Å². The fourth-order valence-corrected chi connectivity index (χ4v) is 9.05. The maximum atomic E-state index is 12.3. The summed E-state index contributed by atoms with van der Waals surface area (Å²) in [6.07, 6.45) is 1.64. The highest BCUT2D eigenvalue weighted by molar-refractivity contribution is 8.14. The largest absolute Gasteiger partial charge is 1.00 e. The summed E-state index contributed by atoms with van der Waals surface area (Å²) in [6, 6.07) is 31.4. The van der Waals surface area contributed by atoms with Crippen LogP contribution in [-0.4, -0.2) is 35.8 Å². The van der Waals surface area contributed by atoms with E-state index in [1.807, 2.05) is 18.2 Å². The molecule has 1 aliphatic heterocycles. The van der Waals surface area contributed by atoms with Gasteiger partial charge in [0.25, 0.3) is 5.24 Å². The van der Waals surface area contributed by atoms with Gasteiger partial charge in [0.1, 0.15) is 29.2 Å². The fraction of sp³-hybridized carbons (Fsp3) is 0.200. The molecule has 1 saturated heterocycles. The molecule has 0 radical (unpaired) electrons. The SMILES string of the molecule is O=C1NC(C(=O)OCCC[P+](c2ccccc2)(c2ccccc2)c2ccccc2)CS1.[Br-]. The maximum Gasteiger partial charge on any atom is 0.329 e. The molecule has 0 saturated carbocycles. The second-order valence-electron chi connectivity index (χ2n) is 7.36. The lowest BCUT2D eigenvalue weighted by molar-refractivity contribution is -0.145. The Balaban J connectivity index is 0.00000289. The van der Waals surface area contributed by atoms with Crippen molar-refractivity contribution in [2.75, 3.05) is 18.5 Å². The van der Waals surface area contributed by atoms with Gasteiger partial charge in [-0.3, -0.25) is 4.79 Å². The van der Waals surface area contributed by atoms with E-state index in [4.69, 9.17) is 4.74 Å². The Morgan fingerprint density at radius 3 is 1.75 bits per heavy atom. The Kier molecular flexibility index (Phi) is 8.92. The van der Waals surface area contributed by atoms with E-state index in [2.05, 4.69) is 78.1 Å². The minimum Gasteiger partial charge on any atom is -1.00 e. The van der Waals surface area contributed by atoms with Gasteiger partial charge in [0.2, 0.25) is 0 Å². The molecule has 1 aliphatic rings. The third-order valence-corrected chi connectivity index (χ3v) is 10.8. The van der Waals surface area contributed by atoms with Crippen LogP contribution in [0.25, 0.3) is 0 Å². The molecule has 0 spiro atoms. The van der Waals surface area contributed by atoms with Gasteiger partial charge in [-0.15, -0.1) is 0 Å². The minimum atomic E-state index is -1.91. The number of halogens is 1. The molecule has 0 aromatic heterocycles. The number of ether oxygens (including phenoxy) is 1. The summed E-state index contributed by atoms with van der Waals surface area (Å²) >= 11 is 1.12. The third kappa shape index (κ3) is 5.43. The van der Waals surface area contributed by atoms with Crippen LogP contribution < -0.4 is 38.2 Å². The molecule has 4 rings (SSSR count). The van der Waals surface area contributed by atoms with E-state index in [0.29, 0.717) is 12.4 Å². The van der Waals surface area contributed by atoms with E-state index >= 15 is 0 Å². The normalized spacial score (nSPS) is 15.5. The Morgan fingerprint density at radius 2 is 1.34 bits per heavy atom. The molecule has 1 unspecified atom stereocenters. The van der Waals surface area contributed by atoms with Crippen LogP contribution in [0.15, 0.2) is 91.0 Å². The zero-order valence-electron chi connectivity index (χ0n) is 17.5. The monoisotopic (exact) mass is 529 g/mol. The number of rotatable bonds is 8. The lowest BCUT2D eigenvalue weighted by atomic mass is 10.3. The quantitative estimate of drug-likeness (QED) is 0.266. The maximum absolute atomic E-state index is 12.3. The molecule has 1 atom stereocenters. The second kappa shape index (κ2) is 11.6.